The fraction of sp³-hybridized carbons (Fsp3) is 0.200. The lowest BCUT2D eigenvalue weighted by Gasteiger charge is -2.08. The van der Waals surface area contributed by atoms with Crippen LogP contribution in [0, 0.1) is 11.7 Å². The number of ether oxygens (including phenoxy) is 1. The van der Waals surface area contributed by atoms with Gasteiger partial charge in [0.2, 0.25) is 11.8 Å². The lowest BCUT2D eigenvalue weighted by molar-refractivity contribution is -0.117. The van der Waals surface area contributed by atoms with Crippen LogP contribution in [0.15, 0.2) is 59.2 Å². The van der Waals surface area contributed by atoms with Gasteiger partial charge in [0.25, 0.3) is 0 Å². The molecule has 26 heavy (non-hydrogen) atoms. The summed E-state index contributed by atoms with van der Waals surface area (Å²) in [5.74, 6) is 0.943. The summed E-state index contributed by atoms with van der Waals surface area (Å²) in [5.41, 5.74) is 2.03. The van der Waals surface area contributed by atoms with Gasteiger partial charge in [-0.25, -0.2) is 9.37 Å². The quantitative estimate of drug-likeness (QED) is 0.714. The van der Waals surface area contributed by atoms with Crippen LogP contribution in [-0.4, -0.2) is 10.9 Å². The van der Waals surface area contributed by atoms with Crippen molar-refractivity contribution >= 4 is 11.6 Å². The Kier molecular flexibility index (Phi) is 4.39. The number of carbonyl (C=O) groups is 1. The van der Waals surface area contributed by atoms with E-state index in [9.17, 15) is 9.18 Å². The van der Waals surface area contributed by atoms with Crippen molar-refractivity contribution in [1.29, 1.82) is 0 Å². The van der Waals surface area contributed by atoms with Crippen LogP contribution in [0.2, 0.25) is 0 Å². The fourth-order valence-corrected chi connectivity index (χ4v) is 2.51. The smallest absolute Gasteiger partial charge is 0.227 e. The number of oxazole rings is 1. The molecule has 1 fully saturated rings. The molecule has 3 aromatic rings. The van der Waals surface area contributed by atoms with Crippen molar-refractivity contribution in [2.45, 2.75) is 19.4 Å². The second-order valence-corrected chi connectivity index (χ2v) is 6.23. The highest BCUT2D eigenvalue weighted by Gasteiger charge is 2.29. The zero-order chi connectivity index (χ0) is 17.9. The Morgan fingerprint density at radius 2 is 2.04 bits per heavy atom. The maximum atomic E-state index is 13.0. The third kappa shape index (κ3) is 3.91. The number of aromatic nitrogens is 1. The van der Waals surface area contributed by atoms with Crippen molar-refractivity contribution in [3.8, 4) is 17.2 Å². The zero-order valence-corrected chi connectivity index (χ0v) is 13.9. The van der Waals surface area contributed by atoms with Crippen LogP contribution in [-0.2, 0) is 11.4 Å². The van der Waals surface area contributed by atoms with Gasteiger partial charge in [-0.1, -0.05) is 6.07 Å². The molecule has 0 spiro atoms. The molecule has 1 aromatic heterocycles. The monoisotopic (exact) mass is 352 g/mol. The molecule has 1 aliphatic rings. The standard InChI is InChI=1S/C20H17FN2O3/c21-15-8-6-14(7-9-15)20-23-17(12-26-20)11-25-18-3-1-2-16(10-18)22-19(24)13-4-5-13/h1-3,6-10,12-13H,4-5,11H2,(H,22,24). The summed E-state index contributed by atoms with van der Waals surface area (Å²) >= 11 is 0. The summed E-state index contributed by atoms with van der Waals surface area (Å²) in [5, 5.41) is 2.89. The van der Waals surface area contributed by atoms with Gasteiger partial charge in [-0.2, -0.15) is 0 Å². The van der Waals surface area contributed by atoms with Gasteiger partial charge in [0.1, 0.15) is 30.1 Å². The van der Waals surface area contributed by atoms with Crippen LogP contribution in [0.5, 0.6) is 5.75 Å². The Morgan fingerprint density at radius 1 is 1.23 bits per heavy atom. The first-order valence-corrected chi connectivity index (χ1v) is 8.41. The number of nitrogens with zero attached hydrogens (tertiary/aromatic N) is 1. The van der Waals surface area contributed by atoms with Crippen LogP contribution in [0.3, 0.4) is 0 Å². The Morgan fingerprint density at radius 3 is 2.81 bits per heavy atom. The first kappa shape index (κ1) is 16.3. The topological polar surface area (TPSA) is 64.4 Å². The van der Waals surface area contributed by atoms with Crippen LogP contribution >= 0.6 is 0 Å². The van der Waals surface area contributed by atoms with Crippen molar-refractivity contribution in [2.75, 3.05) is 5.32 Å². The van der Waals surface area contributed by atoms with E-state index in [0.717, 1.165) is 12.8 Å². The molecule has 132 valence electrons. The Balaban J connectivity index is 1.38. The molecule has 1 amide bonds. The number of hydrogen-bond donors (Lipinski definition) is 1. The number of benzene rings is 2. The molecule has 1 heterocycles. The van der Waals surface area contributed by atoms with E-state index in [2.05, 4.69) is 10.3 Å². The number of halogens is 1. The van der Waals surface area contributed by atoms with Crippen LogP contribution < -0.4 is 10.1 Å². The largest absolute Gasteiger partial charge is 0.487 e. The Labute approximate surface area is 149 Å². The molecule has 1 aliphatic carbocycles. The first-order valence-electron chi connectivity index (χ1n) is 8.41. The average molecular weight is 352 g/mol. The van der Waals surface area contributed by atoms with Gasteiger partial charge in [0, 0.05) is 23.2 Å². The van der Waals surface area contributed by atoms with Gasteiger partial charge in [-0.15, -0.1) is 0 Å². The molecule has 6 heteroatoms. The summed E-state index contributed by atoms with van der Waals surface area (Å²) in [6.07, 6.45) is 3.44. The highest BCUT2D eigenvalue weighted by Crippen LogP contribution is 2.30. The molecule has 0 unspecified atom stereocenters. The predicted molar refractivity (Wildman–Crippen MR) is 94.0 cm³/mol. The normalized spacial score (nSPS) is 13.4. The van der Waals surface area contributed by atoms with Gasteiger partial charge in [0.15, 0.2) is 0 Å². The highest BCUT2D eigenvalue weighted by atomic mass is 19.1. The number of amides is 1. The SMILES string of the molecule is O=C(Nc1cccc(OCc2coc(-c3ccc(F)cc3)n2)c1)C1CC1. The number of nitrogens with one attached hydrogen (secondary N) is 1. The minimum atomic E-state index is -0.308. The van der Waals surface area contributed by atoms with Gasteiger partial charge in [0.05, 0.1) is 0 Å². The fourth-order valence-electron chi connectivity index (χ4n) is 2.51. The molecule has 2 aromatic carbocycles. The molecular formula is C20H17FN2O3. The zero-order valence-electron chi connectivity index (χ0n) is 13.9. The third-order valence-electron chi connectivity index (χ3n) is 4.08. The molecule has 5 nitrogen and oxygen atoms in total. The summed E-state index contributed by atoms with van der Waals surface area (Å²) in [4.78, 5) is 16.2. The van der Waals surface area contributed by atoms with E-state index >= 15 is 0 Å². The van der Waals surface area contributed by atoms with Gasteiger partial charge in [-0.05, 0) is 49.2 Å². The summed E-state index contributed by atoms with van der Waals surface area (Å²) in [7, 11) is 0. The number of hydrogen-bond acceptors (Lipinski definition) is 4. The maximum Gasteiger partial charge on any atom is 0.227 e. The van der Waals surface area contributed by atoms with E-state index in [4.69, 9.17) is 9.15 Å². The van der Waals surface area contributed by atoms with E-state index in [1.165, 1.54) is 18.4 Å². The summed E-state index contributed by atoms with van der Waals surface area (Å²) in [6.45, 7) is 0.227. The van der Waals surface area contributed by atoms with Crippen LogP contribution in [0.4, 0.5) is 10.1 Å². The van der Waals surface area contributed by atoms with Crippen molar-refractivity contribution in [3.05, 3.63) is 66.3 Å². The molecule has 0 saturated heterocycles. The van der Waals surface area contributed by atoms with Crippen molar-refractivity contribution in [3.63, 3.8) is 0 Å². The second kappa shape index (κ2) is 7.00. The van der Waals surface area contributed by atoms with E-state index in [-0.39, 0.29) is 24.2 Å². The summed E-state index contributed by atoms with van der Waals surface area (Å²) in [6, 6.07) is 13.2. The number of carbonyl (C=O) groups excluding carboxylic acids is 1. The number of rotatable bonds is 6. The third-order valence-corrected chi connectivity index (χ3v) is 4.08. The van der Waals surface area contributed by atoms with E-state index < -0.39 is 0 Å². The summed E-state index contributed by atoms with van der Waals surface area (Å²) < 4.78 is 24.1. The van der Waals surface area contributed by atoms with E-state index in [1.54, 1.807) is 18.2 Å². The molecule has 0 atom stereocenters. The second-order valence-electron chi connectivity index (χ2n) is 6.23. The van der Waals surface area contributed by atoms with Crippen LogP contribution in [0.25, 0.3) is 11.5 Å². The minimum Gasteiger partial charge on any atom is -0.487 e. The average Bonchev–Trinajstić information content (AvgIpc) is 3.40. The highest BCUT2D eigenvalue weighted by molar-refractivity contribution is 5.94. The lowest BCUT2D eigenvalue weighted by Crippen LogP contribution is -2.13. The molecular weight excluding hydrogens is 335 g/mol. The van der Waals surface area contributed by atoms with Crippen molar-refractivity contribution in [1.82, 2.24) is 4.98 Å². The maximum absolute atomic E-state index is 13.0. The first-order chi connectivity index (χ1) is 12.7. The minimum absolute atomic E-state index is 0.0580. The van der Waals surface area contributed by atoms with Crippen molar-refractivity contribution < 1.29 is 18.3 Å². The molecule has 4 rings (SSSR count). The Bertz CT molecular complexity index is 917. The van der Waals surface area contributed by atoms with Gasteiger partial charge in [-0.3, -0.25) is 4.79 Å². The number of anilines is 1. The molecule has 1 saturated carbocycles. The van der Waals surface area contributed by atoms with E-state index in [1.807, 2.05) is 18.2 Å². The van der Waals surface area contributed by atoms with Gasteiger partial charge < -0.3 is 14.5 Å². The van der Waals surface area contributed by atoms with Crippen LogP contribution in [0.1, 0.15) is 18.5 Å². The molecule has 0 aliphatic heterocycles. The molecule has 0 radical (unpaired) electrons. The lowest BCUT2D eigenvalue weighted by atomic mass is 10.2. The van der Waals surface area contributed by atoms with Gasteiger partial charge >= 0.3 is 0 Å². The van der Waals surface area contributed by atoms with E-state index in [0.29, 0.717) is 28.6 Å². The predicted octanol–water partition coefficient (Wildman–Crippen LogP) is 4.41. The Hall–Kier alpha value is -3.15. The molecule has 1 N–H and O–H groups in total. The molecule has 0 bridgehead atoms. The van der Waals surface area contributed by atoms with Crippen molar-refractivity contribution in [2.24, 2.45) is 5.92 Å².